The van der Waals surface area contributed by atoms with E-state index in [1.54, 1.807) is 31.0 Å². The normalized spacial score (nSPS) is 12.6. The quantitative estimate of drug-likeness (QED) is 0.689. The van der Waals surface area contributed by atoms with Gasteiger partial charge in [-0.3, -0.25) is 14.8 Å². The molecule has 2 heterocycles. The second-order valence-electron chi connectivity index (χ2n) is 3.71. The van der Waals surface area contributed by atoms with Gasteiger partial charge in [0.25, 0.3) is 5.69 Å². The van der Waals surface area contributed by atoms with E-state index in [1.807, 2.05) is 0 Å². The van der Waals surface area contributed by atoms with Crippen molar-refractivity contribution in [2.24, 2.45) is 7.05 Å². The summed E-state index contributed by atoms with van der Waals surface area (Å²) < 4.78 is 2.20. The Balaban J connectivity index is 2.33. The van der Waals surface area contributed by atoms with E-state index in [0.717, 1.165) is 4.90 Å². The summed E-state index contributed by atoms with van der Waals surface area (Å²) in [5.74, 6) is 0. The molecule has 8 heteroatoms. The molecule has 0 aromatic carbocycles. The van der Waals surface area contributed by atoms with Crippen LogP contribution in [0.4, 0.5) is 5.69 Å². The van der Waals surface area contributed by atoms with E-state index in [9.17, 15) is 15.2 Å². The van der Waals surface area contributed by atoms with E-state index >= 15 is 0 Å². The Morgan fingerprint density at radius 2 is 2.39 bits per heavy atom. The molecule has 0 radical (unpaired) electrons. The highest BCUT2D eigenvalue weighted by Gasteiger charge is 2.22. The molecule has 96 valence electrons. The van der Waals surface area contributed by atoms with Gasteiger partial charge in [0.15, 0.2) is 0 Å². The van der Waals surface area contributed by atoms with Crippen molar-refractivity contribution in [3.05, 3.63) is 33.5 Å². The molecule has 0 unspecified atom stereocenters. The van der Waals surface area contributed by atoms with Crippen LogP contribution in [0.1, 0.15) is 17.9 Å². The molecule has 0 amide bonds. The first-order valence-electron chi connectivity index (χ1n) is 5.10. The summed E-state index contributed by atoms with van der Waals surface area (Å²) in [4.78, 5) is 11.9. The molecule has 1 N–H and O–H groups in total. The van der Waals surface area contributed by atoms with E-state index in [-0.39, 0.29) is 5.69 Å². The predicted octanol–water partition coefficient (Wildman–Crippen LogP) is 2.59. The second-order valence-corrected chi connectivity index (χ2v) is 6.13. The van der Waals surface area contributed by atoms with Crippen molar-refractivity contribution in [1.82, 2.24) is 9.78 Å². The van der Waals surface area contributed by atoms with Crippen LogP contribution in [0.15, 0.2) is 27.6 Å². The minimum absolute atomic E-state index is 0.0322. The molecule has 0 saturated heterocycles. The van der Waals surface area contributed by atoms with Crippen LogP contribution in [0.2, 0.25) is 0 Å². The molecule has 2 rings (SSSR count). The zero-order valence-electron chi connectivity index (χ0n) is 9.73. The Labute approximate surface area is 111 Å². The van der Waals surface area contributed by atoms with Gasteiger partial charge in [-0.25, -0.2) is 0 Å². The van der Waals surface area contributed by atoms with Crippen LogP contribution >= 0.6 is 23.1 Å². The number of aromatic nitrogens is 2. The second kappa shape index (κ2) is 5.09. The van der Waals surface area contributed by atoms with Gasteiger partial charge in [0, 0.05) is 24.2 Å². The summed E-state index contributed by atoms with van der Waals surface area (Å²) in [6, 6.07) is 1.42. The van der Waals surface area contributed by atoms with E-state index in [0.29, 0.717) is 9.09 Å². The molecule has 0 spiro atoms. The van der Waals surface area contributed by atoms with Crippen molar-refractivity contribution in [2.45, 2.75) is 22.1 Å². The summed E-state index contributed by atoms with van der Waals surface area (Å²) in [6.45, 7) is 1.59. The lowest BCUT2D eigenvalue weighted by Gasteiger charge is -1.96. The third-order valence-corrected chi connectivity index (χ3v) is 4.63. The first kappa shape index (κ1) is 13.1. The van der Waals surface area contributed by atoms with Crippen molar-refractivity contribution in [3.63, 3.8) is 0 Å². The van der Waals surface area contributed by atoms with Crippen LogP contribution in [0.25, 0.3) is 0 Å². The van der Waals surface area contributed by atoms with Crippen LogP contribution in [0, 0.1) is 10.1 Å². The smallest absolute Gasteiger partial charge is 0.294 e. The molecule has 2 aromatic heterocycles. The summed E-state index contributed by atoms with van der Waals surface area (Å²) >= 11 is 2.52. The van der Waals surface area contributed by atoms with Crippen molar-refractivity contribution < 1.29 is 10.0 Å². The van der Waals surface area contributed by atoms with Crippen LogP contribution in [-0.2, 0) is 7.05 Å². The van der Waals surface area contributed by atoms with Gasteiger partial charge in [0.05, 0.1) is 22.1 Å². The fourth-order valence-corrected chi connectivity index (χ4v) is 3.64. The molecule has 0 aliphatic carbocycles. The lowest BCUT2D eigenvalue weighted by atomic mass is 10.3. The molecule has 0 saturated carbocycles. The zero-order chi connectivity index (χ0) is 13.3. The Kier molecular flexibility index (Phi) is 3.69. The lowest BCUT2D eigenvalue weighted by molar-refractivity contribution is -0.387. The minimum Gasteiger partial charge on any atom is -0.388 e. The number of rotatable bonds is 4. The van der Waals surface area contributed by atoms with Crippen molar-refractivity contribution in [1.29, 1.82) is 0 Å². The largest absolute Gasteiger partial charge is 0.388 e. The molecule has 6 nitrogen and oxygen atoms in total. The zero-order valence-corrected chi connectivity index (χ0v) is 11.4. The fraction of sp³-hybridized carbons (Fsp3) is 0.300. The molecule has 0 fully saturated rings. The van der Waals surface area contributed by atoms with Crippen LogP contribution in [-0.4, -0.2) is 19.8 Å². The third-order valence-electron chi connectivity index (χ3n) is 2.20. The number of nitrogens with zero attached hydrogens (tertiary/aromatic N) is 3. The van der Waals surface area contributed by atoms with Crippen LogP contribution in [0.5, 0.6) is 0 Å². The summed E-state index contributed by atoms with van der Waals surface area (Å²) in [5, 5.41) is 24.4. The molecule has 1 atom stereocenters. The number of aliphatic hydroxyl groups is 1. The van der Waals surface area contributed by atoms with Crippen molar-refractivity contribution in [2.75, 3.05) is 0 Å². The highest BCUT2D eigenvalue weighted by Crippen LogP contribution is 2.42. The Hall–Kier alpha value is -1.38. The first-order valence-corrected chi connectivity index (χ1v) is 6.73. The van der Waals surface area contributed by atoms with Gasteiger partial charge >= 0.3 is 0 Å². The topological polar surface area (TPSA) is 81.2 Å². The molecule has 18 heavy (non-hydrogen) atoms. The average Bonchev–Trinajstić information content (AvgIpc) is 2.85. The molecule has 2 aromatic rings. The number of thiophene rings is 1. The van der Waals surface area contributed by atoms with E-state index in [4.69, 9.17) is 0 Å². The highest BCUT2D eigenvalue weighted by molar-refractivity contribution is 8.01. The number of aliphatic hydroxyl groups excluding tert-OH is 1. The summed E-state index contributed by atoms with van der Waals surface area (Å²) in [7, 11) is 1.79. The van der Waals surface area contributed by atoms with Gasteiger partial charge in [-0.05, 0) is 6.92 Å². The highest BCUT2D eigenvalue weighted by atomic mass is 32.2. The standard InChI is InChI=1S/C10H11N3O3S2/c1-6(14)9-3-8(13(15)16)10(18-9)17-7-4-11-12(2)5-7/h3-6,14H,1-2H3/t6-/m0/s1. The van der Waals surface area contributed by atoms with E-state index < -0.39 is 11.0 Å². The Bertz CT molecular complexity index is 577. The SMILES string of the molecule is C[C@H](O)c1cc([N+](=O)[O-])c(Sc2cnn(C)c2)s1. The molecular formula is C10H11N3O3S2. The van der Waals surface area contributed by atoms with Gasteiger partial charge in [0.2, 0.25) is 0 Å². The maximum Gasteiger partial charge on any atom is 0.294 e. The molecule has 0 aliphatic rings. The number of hydrogen-bond acceptors (Lipinski definition) is 6. The minimum atomic E-state index is -0.697. The van der Waals surface area contributed by atoms with Crippen molar-refractivity contribution in [3.8, 4) is 0 Å². The molecule has 0 aliphatic heterocycles. The van der Waals surface area contributed by atoms with E-state index in [2.05, 4.69) is 5.10 Å². The van der Waals surface area contributed by atoms with Gasteiger partial charge in [-0.2, -0.15) is 5.10 Å². The lowest BCUT2D eigenvalue weighted by Crippen LogP contribution is -1.87. The van der Waals surface area contributed by atoms with Crippen molar-refractivity contribution >= 4 is 28.8 Å². The van der Waals surface area contributed by atoms with Gasteiger partial charge < -0.3 is 5.11 Å². The maximum atomic E-state index is 10.9. The van der Waals surface area contributed by atoms with E-state index in [1.165, 1.54) is 29.2 Å². The van der Waals surface area contributed by atoms with Gasteiger partial charge in [-0.1, -0.05) is 11.8 Å². The van der Waals surface area contributed by atoms with Crippen LogP contribution < -0.4 is 0 Å². The Morgan fingerprint density at radius 3 is 2.89 bits per heavy atom. The third kappa shape index (κ3) is 2.71. The maximum absolute atomic E-state index is 10.9. The summed E-state index contributed by atoms with van der Waals surface area (Å²) in [6.07, 6.45) is 2.74. The first-order chi connectivity index (χ1) is 8.47. The molecule has 0 bridgehead atoms. The number of hydrogen-bond donors (Lipinski definition) is 1. The van der Waals surface area contributed by atoms with Gasteiger partial charge in [-0.15, -0.1) is 11.3 Å². The average molecular weight is 285 g/mol. The van der Waals surface area contributed by atoms with Crippen LogP contribution in [0.3, 0.4) is 0 Å². The number of nitro groups is 1. The molecular weight excluding hydrogens is 274 g/mol. The predicted molar refractivity (Wildman–Crippen MR) is 68.9 cm³/mol. The number of aryl methyl sites for hydroxylation is 1. The fourth-order valence-electron chi connectivity index (χ4n) is 1.35. The monoisotopic (exact) mass is 285 g/mol. The van der Waals surface area contributed by atoms with Gasteiger partial charge in [0.1, 0.15) is 4.21 Å². The Morgan fingerprint density at radius 1 is 1.67 bits per heavy atom. The summed E-state index contributed by atoms with van der Waals surface area (Å²) in [5.41, 5.74) is 0.0322.